The third-order valence-corrected chi connectivity index (χ3v) is 4.80. The van der Waals surface area contributed by atoms with Gasteiger partial charge in [-0.1, -0.05) is 31.9 Å². The van der Waals surface area contributed by atoms with E-state index >= 15 is 0 Å². The van der Waals surface area contributed by atoms with Crippen LogP contribution in [0.25, 0.3) is 0 Å². The van der Waals surface area contributed by atoms with Crippen molar-refractivity contribution in [2.45, 2.75) is 52.0 Å². The lowest BCUT2D eigenvalue weighted by atomic mass is 9.76. The van der Waals surface area contributed by atoms with Gasteiger partial charge in [0.25, 0.3) is 0 Å². The number of nitrogens with two attached hydrogens (primary N) is 1. The third kappa shape index (κ3) is 3.99. The molecule has 0 spiro atoms. The van der Waals surface area contributed by atoms with E-state index in [0.29, 0.717) is 12.0 Å². The molecule has 2 heteroatoms. The van der Waals surface area contributed by atoms with Gasteiger partial charge in [-0.3, -0.25) is 0 Å². The number of anilines is 1. The van der Waals surface area contributed by atoms with Gasteiger partial charge in [0.15, 0.2) is 0 Å². The smallest absolute Gasteiger partial charge is 0.0366 e. The van der Waals surface area contributed by atoms with Gasteiger partial charge < -0.3 is 10.6 Å². The fourth-order valence-electron chi connectivity index (χ4n) is 3.59. The van der Waals surface area contributed by atoms with Crippen LogP contribution in [0.4, 0.5) is 5.69 Å². The first kappa shape index (κ1) is 15.4. The lowest BCUT2D eigenvalue weighted by Crippen LogP contribution is -2.42. The fourth-order valence-corrected chi connectivity index (χ4v) is 3.59. The molecule has 1 aromatic carbocycles. The molecule has 1 saturated carbocycles. The highest BCUT2D eigenvalue weighted by molar-refractivity contribution is 5.47. The monoisotopic (exact) mass is 274 g/mol. The summed E-state index contributed by atoms with van der Waals surface area (Å²) in [7, 11) is 2.20. The Morgan fingerprint density at radius 2 is 2.10 bits per heavy atom. The molecule has 1 aliphatic carbocycles. The van der Waals surface area contributed by atoms with Crippen LogP contribution in [0.2, 0.25) is 0 Å². The zero-order chi connectivity index (χ0) is 14.5. The van der Waals surface area contributed by atoms with Crippen LogP contribution in [-0.4, -0.2) is 19.6 Å². The average Bonchev–Trinajstić information content (AvgIpc) is 2.43. The van der Waals surface area contributed by atoms with E-state index in [9.17, 15) is 0 Å². The summed E-state index contributed by atoms with van der Waals surface area (Å²) in [5.41, 5.74) is 9.01. The summed E-state index contributed by atoms with van der Waals surface area (Å²) in [6.45, 7) is 5.54. The van der Waals surface area contributed by atoms with Crippen molar-refractivity contribution >= 4 is 5.69 Å². The van der Waals surface area contributed by atoms with Gasteiger partial charge >= 0.3 is 0 Å². The lowest BCUT2D eigenvalue weighted by Gasteiger charge is -2.37. The number of benzene rings is 1. The maximum atomic E-state index is 6.37. The van der Waals surface area contributed by atoms with Gasteiger partial charge in [0.1, 0.15) is 0 Å². The SMILES string of the molecule is CCCC1CCC(N)C(CN(C)c2cccc(C)c2)C1. The molecule has 0 radical (unpaired) electrons. The van der Waals surface area contributed by atoms with Crippen LogP contribution in [0, 0.1) is 18.8 Å². The first-order valence-electron chi connectivity index (χ1n) is 8.13. The summed E-state index contributed by atoms with van der Waals surface area (Å²) in [5.74, 6) is 1.54. The zero-order valence-corrected chi connectivity index (χ0v) is 13.3. The van der Waals surface area contributed by atoms with Crippen molar-refractivity contribution in [3.05, 3.63) is 29.8 Å². The van der Waals surface area contributed by atoms with Crippen molar-refractivity contribution < 1.29 is 0 Å². The molecule has 1 aromatic rings. The summed E-state index contributed by atoms with van der Waals surface area (Å²) in [5, 5.41) is 0. The Labute approximate surface area is 124 Å². The Morgan fingerprint density at radius 1 is 1.30 bits per heavy atom. The molecular weight excluding hydrogens is 244 g/mol. The number of hydrogen-bond donors (Lipinski definition) is 1. The molecule has 3 unspecified atom stereocenters. The molecule has 0 heterocycles. The van der Waals surface area contributed by atoms with Crippen LogP contribution in [0.3, 0.4) is 0 Å². The van der Waals surface area contributed by atoms with E-state index in [1.54, 1.807) is 0 Å². The second kappa shape index (κ2) is 7.12. The number of hydrogen-bond acceptors (Lipinski definition) is 2. The molecule has 0 amide bonds. The van der Waals surface area contributed by atoms with Crippen LogP contribution in [-0.2, 0) is 0 Å². The Bertz CT molecular complexity index is 416. The Kier molecular flexibility index (Phi) is 5.47. The summed E-state index contributed by atoms with van der Waals surface area (Å²) >= 11 is 0. The lowest BCUT2D eigenvalue weighted by molar-refractivity contribution is 0.226. The molecule has 2 rings (SSSR count). The van der Waals surface area contributed by atoms with Gasteiger partial charge in [0.2, 0.25) is 0 Å². The summed E-state index contributed by atoms with van der Waals surface area (Å²) in [6, 6.07) is 9.14. The van der Waals surface area contributed by atoms with Gasteiger partial charge in [-0.05, 0) is 55.7 Å². The van der Waals surface area contributed by atoms with Gasteiger partial charge in [0, 0.05) is 25.3 Å². The van der Waals surface area contributed by atoms with Crippen LogP contribution >= 0.6 is 0 Å². The Hall–Kier alpha value is -1.02. The van der Waals surface area contributed by atoms with Crippen molar-refractivity contribution in [2.24, 2.45) is 17.6 Å². The van der Waals surface area contributed by atoms with Gasteiger partial charge in [-0.2, -0.15) is 0 Å². The number of rotatable bonds is 5. The molecule has 1 aliphatic rings. The van der Waals surface area contributed by atoms with Crippen molar-refractivity contribution in [3.63, 3.8) is 0 Å². The summed E-state index contributed by atoms with van der Waals surface area (Å²) in [4.78, 5) is 2.38. The van der Waals surface area contributed by atoms with Crippen molar-refractivity contribution in [2.75, 3.05) is 18.5 Å². The first-order valence-corrected chi connectivity index (χ1v) is 8.13. The normalized spacial score (nSPS) is 26.5. The minimum Gasteiger partial charge on any atom is -0.374 e. The summed E-state index contributed by atoms with van der Waals surface area (Å²) < 4.78 is 0. The quantitative estimate of drug-likeness (QED) is 0.880. The van der Waals surface area contributed by atoms with Crippen LogP contribution in [0.15, 0.2) is 24.3 Å². The van der Waals surface area contributed by atoms with Crippen molar-refractivity contribution in [1.82, 2.24) is 0 Å². The molecule has 2 nitrogen and oxygen atoms in total. The highest BCUT2D eigenvalue weighted by atomic mass is 15.1. The van der Waals surface area contributed by atoms with Crippen molar-refractivity contribution in [3.8, 4) is 0 Å². The second-order valence-corrected chi connectivity index (χ2v) is 6.61. The zero-order valence-electron chi connectivity index (χ0n) is 13.3. The molecule has 0 aliphatic heterocycles. The molecule has 0 aromatic heterocycles. The van der Waals surface area contributed by atoms with E-state index in [1.807, 2.05) is 0 Å². The molecular formula is C18H30N2. The van der Waals surface area contributed by atoms with Gasteiger partial charge in [0.05, 0.1) is 0 Å². The largest absolute Gasteiger partial charge is 0.374 e. The minimum absolute atomic E-state index is 0.385. The predicted molar refractivity (Wildman–Crippen MR) is 88.2 cm³/mol. The van der Waals surface area contributed by atoms with Gasteiger partial charge in [-0.15, -0.1) is 0 Å². The highest BCUT2D eigenvalue weighted by Crippen LogP contribution is 2.32. The minimum atomic E-state index is 0.385. The van der Waals surface area contributed by atoms with Crippen LogP contribution < -0.4 is 10.6 Å². The van der Waals surface area contributed by atoms with E-state index in [-0.39, 0.29) is 0 Å². The second-order valence-electron chi connectivity index (χ2n) is 6.61. The van der Waals surface area contributed by atoms with E-state index in [4.69, 9.17) is 5.73 Å². The standard InChI is InChI=1S/C18H30N2/c1-4-6-15-9-10-18(19)16(12-15)13-20(3)17-8-5-7-14(2)11-17/h5,7-8,11,15-16,18H,4,6,9-10,12-13,19H2,1-3H3. The maximum Gasteiger partial charge on any atom is 0.0366 e. The van der Waals surface area contributed by atoms with Crippen LogP contribution in [0.5, 0.6) is 0 Å². The van der Waals surface area contributed by atoms with E-state index in [1.165, 1.54) is 43.4 Å². The first-order chi connectivity index (χ1) is 9.60. The van der Waals surface area contributed by atoms with E-state index in [0.717, 1.165) is 12.5 Å². The number of aryl methyl sites for hydroxylation is 1. The molecule has 20 heavy (non-hydrogen) atoms. The molecule has 1 fully saturated rings. The third-order valence-electron chi connectivity index (χ3n) is 4.80. The Balaban J connectivity index is 1.96. The molecule has 0 saturated heterocycles. The molecule has 2 N–H and O–H groups in total. The Morgan fingerprint density at radius 3 is 2.80 bits per heavy atom. The van der Waals surface area contributed by atoms with Gasteiger partial charge in [-0.25, -0.2) is 0 Å². The highest BCUT2D eigenvalue weighted by Gasteiger charge is 2.28. The van der Waals surface area contributed by atoms with E-state index < -0.39 is 0 Å². The van der Waals surface area contributed by atoms with E-state index in [2.05, 4.69) is 50.1 Å². The summed E-state index contributed by atoms with van der Waals surface area (Å²) in [6.07, 6.45) is 6.53. The topological polar surface area (TPSA) is 29.3 Å². The number of nitrogens with zero attached hydrogens (tertiary/aromatic N) is 1. The molecule has 3 atom stereocenters. The fraction of sp³-hybridized carbons (Fsp3) is 0.667. The van der Waals surface area contributed by atoms with Crippen LogP contribution in [0.1, 0.15) is 44.6 Å². The average molecular weight is 274 g/mol. The molecule has 112 valence electrons. The predicted octanol–water partition coefficient (Wildman–Crippen LogP) is 3.97. The molecule has 0 bridgehead atoms. The maximum absolute atomic E-state index is 6.37. The van der Waals surface area contributed by atoms with Crippen molar-refractivity contribution in [1.29, 1.82) is 0 Å².